The summed E-state index contributed by atoms with van der Waals surface area (Å²) in [6.45, 7) is 2.07. The highest BCUT2D eigenvalue weighted by molar-refractivity contribution is 5.91. The maximum Gasteiger partial charge on any atom is 0.267 e. The van der Waals surface area contributed by atoms with Gasteiger partial charge in [0.25, 0.3) is 5.91 Å². The third-order valence-corrected chi connectivity index (χ3v) is 5.10. The van der Waals surface area contributed by atoms with E-state index in [1.807, 2.05) is 42.6 Å². The molecular weight excluding hydrogens is 354 g/mol. The maximum absolute atomic E-state index is 11.3. The lowest BCUT2D eigenvalue weighted by Crippen LogP contribution is -2.33. The van der Waals surface area contributed by atoms with Crippen LogP contribution >= 0.6 is 0 Å². The summed E-state index contributed by atoms with van der Waals surface area (Å²) in [7, 11) is 2.15. The van der Waals surface area contributed by atoms with Crippen LogP contribution in [0, 0.1) is 0 Å². The second-order valence-electron chi connectivity index (χ2n) is 7.14. The van der Waals surface area contributed by atoms with Crippen LogP contribution in [0.15, 0.2) is 48.7 Å². The minimum Gasteiger partial charge on any atom is -0.304 e. The zero-order valence-corrected chi connectivity index (χ0v) is 15.7. The van der Waals surface area contributed by atoms with E-state index >= 15 is 0 Å². The molecule has 144 valence electrons. The number of fused-ring (bicyclic) bond motifs is 1. The molecule has 1 amide bonds. The second-order valence-corrected chi connectivity index (χ2v) is 7.14. The van der Waals surface area contributed by atoms with Gasteiger partial charge in [-0.05, 0) is 56.3 Å². The molecule has 1 aliphatic rings. The Kier molecular flexibility index (Phi) is 5.18. The van der Waals surface area contributed by atoms with Crippen LogP contribution < -0.4 is 5.48 Å². The van der Waals surface area contributed by atoms with E-state index in [-0.39, 0.29) is 0 Å². The predicted octanol–water partition coefficient (Wildman–Crippen LogP) is 2.88. The van der Waals surface area contributed by atoms with Crippen molar-refractivity contribution in [3.05, 3.63) is 54.2 Å². The highest BCUT2D eigenvalue weighted by Crippen LogP contribution is 2.32. The third-order valence-electron chi connectivity index (χ3n) is 5.10. The molecule has 1 fully saturated rings. The van der Waals surface area contributed by atoms with Crippen LogP contribution in [0.25, 0.3) is 28.6 Å². The van der Waals surface area contributed by atoms with E-state index in [0.29, 0.717) is 6.04 Å². The summed E-state index contributed by atoms with van der Waals surface area (Å²) in [5.41, 5.74) is 5.21. The maximum atomic E-state index is 11.3. The van der Waals surface area contributed by atoms with E-state index in [4.69, 9.17) is 10.2 Å². The Morgan fingerprint density at radius 1 is 1.32 bits per heavy atom. The Morgan fingerprint density at radius 2 is 2.21 bits per heavy atom. The first-order chi connectivity index (χ1) is 13.7. The number of carbonyl (C=O) groups is 1. The van der Waals surface area contributed by atoms with E-state index < -0.39 is 5.91 Å². The number of likely N-dealkylation sites (N-methyl/N-ethyl adjacent to an activating group) is 1. The molecular formula is C21H23N5O2. The van der Waals surface area contributed by atoms with Crippen molar-refractivity contribution in [2.45, 2.75) is 18.9 Å². The SMILES string of the molecule is CN1CCC[C@@H](n2c(-c3cccc(C=CC(=O)NO)c3)nc3cccnc32)C1. The number of likely N-dealkylation sites (tertiary alicyclic amines) is 1. The lowest BCUT2D eigenvalue weighted by Gasteiger charge is -2.31. The first-order valence-electron chi connectivity index (χ1n) is 9.40. The third kappa shape index (κ3) is 3.67. The topological polar surface area (TPSA) is 83.3 Å². The Balaban J connectivity index is 1.79. The van der Waals surface area contributed by atoms with E-state index in [1.165, 1.54) is 6.08 Å². The van der Waals surface area contributed by atoms with E-state index in [1.54, 1.807) is 11.6 Å². The van der Waals surface area contributed by atoms with E-state index in [2.05, 4.69) is 21.5 Å². The van der Waals surface area contributed by atoms with Crippen LogP contribution in [0.1, 0.15) is 24.4 Å². The monoisotopic (exact) mass is 377 g/mol. The highest BCUT2D eigenvalue weighted by atomic mass is 16.5. The van der Waals surface area contributed by atoms with Gasteiger partial charge in [0, 0.05) is 30.4 Å². The van der Waals surface area contributed by atoms with E-state index in [9.17, 15) is 4.79 Å². The molecule has 1 saturated heterocycles. The number of rotatable bonds is 4. The molecule has 2 aromatic heterocycles. The van der Waals surface area contributed by atoms with Crippen molar-refractivity contribution in [3.8, 4) is 11.4 Å². The van der Waals surface area contributed by atoms with Gasteiger partial charge in [-0.25, -0.2) is 15.4 Å². The van der Waals surface area contributed by atoms with Crippen molar-refractivity contribution in [2.75, 3.05) is 20.1 Å². The lowest BCUT2D eigenvalue weighted by atomic mass is 10.0. The number of imidazole rings is 1. The summed E-state index contributed by atoms with van der Waals surface area (Å²) in [5, 5.41) is 8.65. The summed E-state index contributed by atoms with van der Waals surface area (Å²) in [4.78, 5) is 23.1. The molecule has 4 rings (SSSR count). The van der Waals surface area contributed by atoms with E-state index in [0.717, 1.165) is 54.0 Å². The van der Waals surface area contributed by atoms with Crippen molar-refractivity contribution in [2.24, 2.45) is 0 Å². The van der Waals surface area contributed by atoms with Crippen LogP contribution in [-0.4, -0.2) is 50.7 Å². The number of nitrogens with zero attached hydrogens (tertiary/aromatic N) is 4. The van der Waals surface area contributed by atoms with Gasteiger partial charge in [0.1, 0.15) is 11.3 Å². The highest BCUT2D eigenvalue weighted by Gasteiger charge is 2.24. The van der Waals surface area contributed by atoms with Gasteiger partial charge in [0.05, 0.1) is 0 Å². The van der Waals surface area contributed by atoms with Gasteiger partial charge in [-0.2, -0.15) is 0 Å². The van der Waals surface area contributed by atoms with Crippen molar-refractivity contribution < 1.29 is 10.0 Å². The standard InChI is InChI=1S/C21H23N5O2/c1-25-12-4-7-17(14-25)26-20(23-18-8-3-11-22-21(18)26)16-6-2-5-15(13-16)9-10-19(27)24-28/h2-3,5-6,8-11,13,17,28H,4,7,12,14H2,1H3,(H,24,27)/t17-/m1/s1. The fourth-order valence-corrected chi connectivity index (χ4v) is 3.82. The number of nitrogens with one attached hydrogen (secondary N) is 1. The smallest absolute Gasteiger partial charge is 0.267 e. The molecule has 0 spiro atoms. The number of amides is 1. The van der Waals surface area contributed by atoms with Gasteiger partial charge >= 0.3 is 0 Å². The Bertz CT molecular complexity index is 1030. The molecule has 7 nitrogen and oxygen atoms in total. The number of hydrogen-bond donors (Lipinski definition) is 2. The Labute approximate surface area is 163 Å². The lowest BCUT2D eigenvalue weighted by molar-refractivity contribution is -0.124. The van der Waals surface area contributed by atoms with Crippen molar-refractivity contribution in [1.29, 1.82) is 0 Å². The van der Waals surface area contributed by atoms with Gasteiger partial charge < -0.3 is 9.47 Å². The van der Waals surface area contributed by atoms with Gasteiger partial charge in [0.15, 0.2) is 5.65 Å². The fourth-order valence-electron chi connectivity index (χ4n) is 3.82. The molecule has 3 heterocycles. The summed E-state index contributed by atoms with van der Waals surface area (Å²) in [6.07, 6.45) is 7.00. The summed E-state index contributed by atoms with van der Waals surface area (Å²) in [6, 6.07) is 12.1. The first-order valence-corrected chi connectivity index (χ1v) is 9.40. The van der Waals surface area contributed by atoms with Gasteiger partial charge in [-0.3, -0.25) is 10.0 Å². The van der Waals surface area contributed by atoms with Crippen LogP contribution in [0.5, 0.6) is 0 Å². The Morgan fingerprint density at radius 3 is 3.04 bits per heavy atom. The molecule has 0 bridgehead atoms. The van der Waals surface area contributed by atoms with Gasteiger partial charge in [-0.1, -0.05) is 18.2 Å². The zero-order chi connectivity index (χ0) is 19.5. The number of hydroxylamine groups is 1. The first kappa shape index (κ1) is 18.3. The number of hydrogen-bond acceptors (Lipinski definition) is 5. The number of aromatic nitrogens is 3. The zero-order valence-electron chi connectivity index (χ0n) is 15.7. The largest absolute Gasteiger partial charge is 0.304 e. The number of carbonyl (C=O) groups excluding carboxylic acids is 1. The Hall–Kier alpha value is -3.03. The average Bonchev–Trinajstić information content (AvgIpc) is 3.12. The molecule has 0 saturated carbocycles. The van der Waals surface area contributed by atoms with Gasteiger partial charge in [-0.15, -0.1) is 0 Å². The normalized spacial score (nSPS) is 18.0. The fraction of sp³-hybridized carbons (Fsp3) is 0.286. The number of piperidine rings is 1. The van der Waals surface area contributed by atoms with Crippen molar-refractivity contribution in [1.82, 2.24) is 24.9 Å². The minimum absolute atomic E-state index is 0.313. The van der Waals surface area contributed by atoms with Crippen LogP contribution in [-0.2, 0) is 4.79 Å². The molecule has 7 heteroatoms. The molecule has 1 atom stereocenters. The van der Waals surface area contributed by atoms with Crippen LogP contribution in [0.4, 0.5) is 0 Å². The molecule has 0 radical (unpaired) electrons. The van der Waals surface area contributed by atoms with Crippen molar-refractivity contribution in [3.63, 3.8) is 0 Å². The molecule has 0 unspecified atom stereocenters. The molecule has 28 heavy (non-hydrogen) atoms. The summed E-state index contributed by atoms with van der Waals surface area (Å²) in [5.74, 6) is 0.322. The predicted molar refractivity (Wildman–Crippen MR) is 108 cm³/mol. The van der Waals surface area contributed by atoms with Crippen molar-refractivity contribution >= 4 is 23.1 Å². The quantitative estimate of drug-likeness (QED) is 0.415. The second kappa shape index (κ2) is 7.92. The molecule has 3 aromatic rings. The minimum atomic E-state index is -0.563. The molecule has 2 N–H and O–H groups in total. The molecule has 1 aliphatic heterocycles. The molecule has 0 aliphatic carbocycles. The summed E-state index contributed by atoms with van der Waals surface area (Å²) < 4.78 is 2.26. The average molecular weight is 377 g/mol. The van der Waals surface area contributed by atoms with Gasteiger partial charge in [0.2, 0.25) is 0 Å². The molecule has 1 aromatic carbocycles. The van der Waals surface area contributed by atoms with Crippen LogP contribution in [0.3, 0.4) is 0 Å². The summed E-state index contributed by atoms with van der Waals surface area (Å²) >= 11 is 0. The number of pyridine rings is 1. The van der Waals surface area contributed by atoms with Crippen LogP contribution in [0.2, 0.25) is 0 Å². The number of benzene rings is 1.